The number of rotatable bonds is 11. The van der Waals surface area contributed by atoms with Crippen LogP contribution >= 0.6 is 0 Å². The molecule has 0 bridgehead atoms. The lowest BCUT2D eigenvalue weighted by Gasteiger charge is -2.15. The van der Waals surface area contributed by atoms with E-state index in [0.29, 0.717) is 18.4 Å². The van der Waals surface area contributed by atoms with E-state index < -0.39 is 18.0 Å². The molecule has 8 heteroatoms. The lowest BCUT2D eigenvalue weighted by molar-refractivity contribution is -0.162. The summed E-state index contributed by atoms with van der Waals surface area (Å²) in [5, 5.41) is 24.0. The maximum atomic E-state index is 12.3. The van der Waals surface area contributed by atoms with Crippen molar-refractivity contribution in [2.45, 2.75) is 45.6 Å². The van der Waals surface area contributed by atoms with E-state index in [2.05, 4.69) is 6.92 Å². The van der Waals surface area contributed by atoms with Crippen LogP contribution in [0, 0.1) is 5.92 Å². The number of benzene rings is 1. The topological polar surface area (TPSA) is 123 Å². The first-order chi connectivity index (χ1) is 14.4. The van der Waals surface area contributed by atoms with E-state index in [1.165, 1.54) is 14.2 Å². The van der Waals surface area contributed by atoms with Gasteiger partial charge in [0.15, 0.2) is 5.76 Å². The van der Waals surface area contributed by atoms with Crippen molar-refractivity contribution in [1.29, 1.82) is 0 Å². The summed E-state index contributed by atoms with van der Waals surface area (Å²) in [4.78, 5) is 24.5. The summed E-state index contributed by atoms with van der Waals surface area (Å²) in [6.07, 6.45) is 2.30. The van der Waals surface area contributed by atoms with Gasteiger partial charge < -0.3 is 29.5 Å². The molecule has 0 aliphatic heterocycles. The zero-order valence-corrected chi connectivity index (χ0v) is 18.2. The maximum Gasteiger partial charge on any atom is 0.385 e. The molecule has 0 saturated carbocycles. The van der Waals surface area contributed by atoms with Gasteiger partial charge in [0, 0.05) is 5.56 Å². The summed E-state index contributed by atoms with van der Waals surface area (Å²) >= 11 is 0. The van der Waals surface area contributed by atoms with Crippen LogP contribution in [0.5, 0.6) is 0 Å². The molecule has 0 aliphatic carbocycles. The van der Waals surface area contributed by atoms with Gasteiger partial charge in [0.1, 0.15) is 6.10 Å². The van der Waals surface area contributed by atoms with Gasteiger partial charge in [-0.3, -0.25) is 4.79 Å². The molecule has 0 saturated heterocycles. The fraction of sp³-hybridized carbons (Fsp3) is 0.545. The van der Waals surface area contributed by atoms with E-state index in [4.69, 9.17) is 29.5 Å². The molecular weight excluding hydrogens is 392 g/mol. The Morgan fingerprint density at radius 3 is 2.00 bits per heavy atom. The molecule has 8 nitrogen and oxygen atoms in total. The van der Waals surface area contributed by atoms with E-state index in [9.17, 15) is 9.59 Å². The molecule has 1 rings (SSSR count). The predicted molar refractivity (Wildman–Crippen MR) is 112 cm³/mol. The fourth-order valence-electron chi connectivity index (χ4n) is 2.42. The van der Waals surface area contributed by atoms with Gasteiger partial charge in [0.05, 0.1) is 33.4 Å². The first-order valence-electron chi connectivity index (χ1n) is 9.93. The smallest absolute Gasteiger partial charge is 0.385 e. The normalized spacial score (nSPS) is 12.3. The minimum absolute atomic E-state index is 0.123. The Hall–Kier alpha value is -2.42. The molecule has 0 amide bonds. The van der Waals surface area contributed by atoms with Crippen molar-refractivity contribution < 1.29 is 39.1 Å². The average molecular weight is 427 g/mol. The number of hydrogen-bond acceptors (Lipinski definition) is 8. The van der Waals surface area contributed by atoms with Crippen LogP contribution in [0.25, 0.3) is 5.76 Å². The number of carbonyl (C=O) groups excluding carboxylic acids is 2. The third kappa shape index (κ3) is 9.87. The number of unbranched alkanes of at least 4 members (excludes halogenated alkanes) is 1. The standard InChI is InChI=1S/C19H26O5.C3H8O3/c1-5-7-11-14(6-2)18(20)24-19(21)17(23-4)16(22-3)15-12-9-8-10-13-15;4-1-3(6)2-5/h8-10,12-14H,5-7,11H2,1-4H3;3-6H,1-2H2. The van der Waals surface area contributed by atoms with Crippen molar-refractivity contribution in [3.05, 3.63) is 41.7 Å². The van der Waals surface area contributed by atoms with Crippen molar-refractivity contribution in [3.8, 4) is 0 Å². The Morgan fingerprint density at radius 2 is 1.60 bits per heavy atom. The van der Waals surface area contributed by atoms with Crippen LogP contribution in [0.3, 0.4) is 0 Å². The lowest BCUT2D eigenvalue weighted by atomic mass is 10.00. The van der Waals surface area contributed by atoms with E-state index in [0.717, 1.165) is 12.8 Å². The second-order valence-corrected chi connectivity index (χ2v) is 6.41. The van der Waals surface area contributed by atoms with Gasteiger partial charge in [-0.2, -0.15) is 0 Å². The number of aliphatic hydroxyl groups is 3. The number of esters is 2. The molecule has 3 N–H and O–H groups in total. The second-order valence-electron chi connectivity index (χ2n) is 6.41. The highest BCUT2D eigenvalue weighted by molar-refractivity contribution is 6.00. The molecule has 0 aromatic heterocycles. The summed E-state index contributed by atoms with van der Waals surface area (Å²) in [5.74, 6) is -1.53. The number of ether oxygens (including phenoxy) is 3. The van der Waals surface area contributed by atoms with E-state index in [1.54, 1.807) is 12.1 Å². The molecule has 170 valence electrons. The molecule has 0 fully saturated rings. The van der Waals surface area contributed by atoms with Gasteiger partial charge in [0.2, 0.25) is 5.76 Å². The van der Waals surface area contributed by atoms with Crippen LogP contribution in [0.2, 0.25) is 0 Å². The van der Waals surface area contributed by atoms with Gasteiger partial charge >= 0.3 is 11.9 Å². The molecule has 0 aliphatic rings. The number of hydrogen-bond donors (Lipinski definition) is 3. The van der Waals surface area contributed by atoms with Crippen molar-refractivity contribution >= 4 is 17.7 Å². The first kappa shape index (κ1) is 27.6. The molecule has 1 aromatic carbocycles. The van der Waals surface area contributed by atoms with Crippen LogP contribution in [-0.2, 0) is 23.8 Å². The second kappa shape index (κ2) is 16.4. The van der Waals surface area contributed by atoms with Gasteiger partial charge in [-0.25, -0.2) is 4.79 Å². The largest absolute Gasteiger partial charge is 0.492 e. The van der Waals surface area contributed by atoms with Gasteiger partial charge in [-0.05, 0) is 12.8 Å². The highest BCUT2D eigenvalue weighted by atomic mass is 16.6. The van der Waals surface area contributed by atoms with Crippen molar-refractivity contribution in [2.75, 3.05) is 27.4 Å². The Bertz CT molecular complexity index is 638. The molecular formula is C22H34O8. The van der Waals surface area contributed by atoms with Gasteiger partial charge in [0.25, 0.3) is 0 Å². The third-order valence-corrected chi connectivity index (χ3v) is 4.18. The molecule has 1 atom stereocenters. The van der Waals surface area contributed by atoms with Crippen molar-refractivity contribution in [3.63, 3.8) is 0 Å². The van der Waals surface area contributed by atoms with Crippen LogP contribution in [-0.4, -0.2) is 60.8 Å². The van der Waals surface area contributed by atoms with Crippen LogP contribution in [0.1, 0.15) is 45.1 Å². The maximum absolute atomic E-state index is 12.3. The van der Waals surface area contributed by atoms with Crippen LogP contribution in [0.4, 0.5) is 0 Å². The zero-order valence-electron chi connectivity index (χ0n) is 18.2. The molecule has 30 heavy (non-hydrogen) atoms. The summed E-state index contributed by atoms with van der Waals surface area (Å²) in [7, 11) is 2.78. The zero-order chi connectivity index (χ0) is 22.9. The monoisotopic (exact) mass is 426 g/mol. The Kier molecular flexibility index (Phi) is 15.1. The minimum atomic E-state index is -0.954. The van der Waals surface area contributed by atoms with Crippen LogP contribution in [0.15, 0.2) is 36.1 Å². The third-order valence-electron chi connectivity index (χ3n) is 4.18. The molecule has 1 aromatic rings. The Labute approximate surface area is 178 Å². The van der Waals surface area contributed by atoms with Gasteiger partial charge in [-0.1, -0.05) is 57.0 Å². The Balaban J connectivity index is 0.00000122. The highest BCUT2D eigenvalue weighted by Crippen LogP contribution is 2.22. The molecule has 0 heterocycles. The van der Waals surface area contributed by atoms with Crippen molar-refractivity contribution in [1.82, 2.24) is 0 Å². The fourth-order valence-corrected chi connectivity index (χ4v) is 2.42. The SMILES string of the molecule is CCCCC(CC)C(=O)OC(=O)C(OC)=C(OC)c1ccccc1.OCC(O)CO. The summed E-state index contributed by atoms with van der Waals surface area (Å²) in [5.41, 5.74) is 0.666. The van der Waals surface area contributed by atoms with E-state index >= 15 is 0 Å². The minimum Gasteiger partial charge on any atom is -0.492 e. The first-order valence-corrected chi connectivity index (χ1v) is 9.93. The van der Waals surface area contributed by atoms with E-state index in [1.807, 2.05) is 25.1 Å². The number of aliphatic hydroxyl groups excluding tert-OH is 3. The van der Waals surface area contributed by atoms with E-state index in [-0.39, 0.29) is 30.6 Å². The highest BCUT2D eigenvalue weighted by Gasteiger charge is 2.26. The molecule has 0 spiro atoms. The van der Waals surface area contributed by atoms with Crippen molar-refractivity contribution in [2.24, 2.45) is 5.92 Å². The number of methoxy groups -OCH3 is 2. The summed E-state index contributed by atoms with van der Waals surface area (Å²) < 4.78 is 15.4. The van der Waals surface area contributed by atoms with Crippen LogP contribution < -0.4 is 0 Å². The molecule has 0 radical (unpaired) electrons. The predicted octanol–water partition coefficient (Wildman–Crippen LogP) is 2.27. The summed E-state index contributed by atoms with van der Waals surface area (Å²) in [6, 6.07) is 9.04. The lowest BCUT2D eigenvalue weighted by Crippen LogP contribution is -2.23. The number of carbonyl (C=O) groups is 2. The molecule has 1 unspecified atom stereocenters. The quantitative estimate of drug-likeness (QED) is 0.213. The average Bonchev–Trinajstić information content (AvgIpc) is 2.78. The summed E-state index contributed by atoms with van der Waals surface area (Å²) in [6.45, 7) is 3.23. The van der Waals surface area contributed by atoms with Gasteiger partial charge in [-0.15, -0.1) is 0 Å². The Morgan fingerprint density at radius 1 is 1.00 bits per heavy atom.